The molecular formula is C29H26N2O9. The quantitative estimate of drug-likeness (QED) is 0.193. The summed E-state index contributed by atoms with van der Waals surface area (Å²) in [5.74, 6) is -1.23. The fourth-order valence-corrected chi connectivity index (χ4v) is 4.04. The van der Waals surface area contributed by atoms with Crippen LogP contribution in [0.5, 0.6) is 28.7 Å². The molecule has 11 nitrogen and oxygen atoms in total. The van der Waals surface area contributed by atoms with E-state index in [1.165, 1.54) is 64.8 Å². The van der Waals surface area contributed by atoms with Gasteiger partial charge in [0, 0.05) is 0 Å². The summed E-state index contributed by atoms with van der Waals surface area (Å²) in [5, 5.41) is 2.19. The zero-order valence-electron chi connectivity index (χ0n) is 22.4. The van der Waals surface area contributed by atoms with E-state index in [9.17, 15) is 19.2 Å². The van der Waals surface area contributed by atoms with Crippen molar-refractivity contribution in [3.05, 3.63) is 76.9 Å². The van der Waals surface area contributed by atoms with E-state index in [4.69, 9.17) is 23.7 Å². The molecule has 0 bridgehead atoms. The van der Waals surface area contributed by atoms with E-state index < -0.39 is 23.8 Å². The number of benzene rings is 3. The molecule has 1 fully saturated rings. The fourth-order valence-electron chi connectivity index (χ4n) is 4.04. The Balaban J connectivity index is 1.63. The van der Waals surface area contributed by atoms with Crippen LogP contribution in [0.25, 0.3) is 6.08 Å². The lowest BCUT2D eigenvalue weighted by Gasteiger charge is -2.26. The van der Waals surface area contributed by atoms with E-state index >= 15 is 0 Å². The molecule has 0 aliphatic carbocycles. The molecule has 1 heterocycles. The van der Waals surface area contributed by atoms with Crippen LogP contribution >= 0.6 is 0 Å². The van der Waals surface area contributed by atoms with Crippen LogP contribution in [0.15, 0.2) is 60.2 Å². The molecule has 3 aromatic rings. The Morgan fingerprint density at radius 1 is 0.800 bits per heavy atom. The van der Waals surface area contributed by atoms with Gasteiger partial charge in [-0.3, -0.25) is 14.9 Å². The maximum atomic E-state index is 13.2. The molecule has 206 valence electrons. The number of amides is 4. The number of imide groups is 2. The first-order valence-electron chi connectivity index (χ1n) is 11.9. The predicted molar refractivity (Wildman–Crippen MR) is 144 cm³/mol. The fraction of sp³-hybridized carbons (Fsp3) is 0.172. The van der Waals surface area contributed by atoms with Crippen molar-refractivity contribution in [1.29, 1.82) is 0 Å². The summed E-state index contributed by atoms with van der Waals surface area (Å²) in [4.78, 5) is 52.1. The Morgan fingerprint density at radius 2 is 1.48 bits per heavy atom. The first-order chi connectivity index (χ1) is 19.2. The van der Waals surface area contributed by atoms with Crippen LogP contribution in [0, 0.1) is 6.92 Å². The van der Waals surface area contributed by atoms with Gasteiger partial charge in [-0.2, -0.15) is 0 Å². The molecule has 40 heavy (non-hydrogen) atoms. The zero-order chi connectivity index (χ0) is 29.0. The summed E-state index contributed by atoms with van der Waals surface area (Å²) in [5.41, 5.74) is 1.43. The van der Waals surface area contributed by atoms with Crippen LogP contribution in [0.2, 0.25) is 0 Å². The third-order valence-electron chi connectivity index (χ3n) is 5.96. The number of esters is 1. The maximum absolute atomic E-state index is 13.2. The van der Waals surface area contributed by atoms with Gasteiger partial charge >= 0.3 is 12.0 Å². The molecule has 0 atom stereocenters. The van der Waals surface area contributed by atoms with Crippen LogP contribution in [0.3, 0.4) is 0 Å². The van der Waals surface area contributed by atoms with E-state index in [1.54, 1.807) is 18.2 Å². The summed E-state index contributed by atoms with van der Waals surface area (Å²) < 4.78 is 26.8. The SMILES string of the molecule is COc1cc(/C=C2\C(=O)NC(=O)N(c3cccc(C)c3)C2=O)ccc1OC(=O)c1cc(OC)c(OC)c(OC)c1. The Bertz CT molecular complexity index is 1520. The third kappa shape index (κ3) is 5.44. The highest BCUT2D eigenvalue weighted by atomic mass is 16.6. The number of methoxy groups -OCH3 is 4. The number of carbonyl (C=O) groups is 4. The summed E-state index contributed by atoms with van der Waals surface area (Å²) in [6.07, 6.45) is 1.32. The number of nitrogens with zero attached hydrogens (tertiary/aromatic N) is 1. The van der Waals surface area contributed by atoms with Crippen molar-refractivity contribution < 1.29 is 42.9 Å². The van der Waals surface area contributed by atoms with Crippen LogP contribution in [0.1, 0.15) is 21.5 Å². The maximum Gasteiger partial charge on any atom is 0.343 e. The van der Waals surface area contributed by atoms with Gasteiger partial charge in [0.1, 0.15) is 5.57 Å². The van der Waals surface area contributed by atoms with Crippen LogP contribution in [0.4, 0.5) is 10.5 Å². The zero-order valence-corrected chi connectivity index (χ0v) is 22.4. The number of barbiturate groups is 1. The van der Waals surface area contributed by atoms with Gasteiger partial charge in [0.05, 0.1) is 39.7 Å². The second-order valence-electron chi connectivity index (χ2n) is 8.51. The van der Waals surface area contributed by atoms with Gasteiger partial charge in [-0.1, -0.05) is 18.2 Å². The van der Waals surface area contributed by atoms with Crippen LogP contribution in [-0.2, 0) is 9.59 Å². The number of carbonyl (C=O) groups excluding carboxylic acids is 4. The molecule has 11 heteroatoms. The number of hydrogen-bond donors (Lipinski definition) is 1. The van der Waals surface area contributed by atoms with Gasteiger partial charge in [0.2, 0.25) is 5.75 Å². The van der Waals surface area contributed by atoms with E-state index in [-0.39, 0.29) is 34.1 Å². The lowest BCUT2D eigenvalue weighted by atomic mass is 10.1. The number of aryl methyl sites for hydroxylation is 1. The molecule has 1 saturated heterocycles. The normalized spacial score (nSPS) is 14.1. The van der Waals surface area contributed by atoms with Gasteiger partial charge in [0.25, 0.3) is 11.8 Å². The molecule has 0 aromatic heterocycles. The second kappa shape index (κ2) is 11.6. The smallest absolute Gasteiger partial charge is 0.343 e. The van der Waals surface area contributed by atoms with Crippen molar-refractivity contribution >= 4 is 35.6 Å². The lowest BCUT2D eigenvalue weighted by molar-refractivity contribution is -0.122. The van der Waals surface area contributed by atoms with Gasteiger partial charge < -0.3 is 23.7 Å². The number of rotatable bonds is 8. The highest BCUT2D eigenvalue weighted by Crippen LogP contribution is 2.39. The monoisotopic (exact) mass is 546 g/mol. The highest BCUT2D eigenvalue weighted by Gasteiger charge is 2.36. The van der Waals surface area contributed by atoms with Gasteiger partial charge in [-0.15, -0.1) is 0 Å². The highest BCUT2D eigenvalue weighted by molar-refractivity contribution is 6.39. The molecule has 0 spiro atoms. The van der Waals surface area contributed by atoms with Gasteiger partial charge in [-0.25, -0.2) is 14.5 Å². The average Bonchev–Trinajstić information content (AvgIpc) is 2.94. The van der Waals surface area contributed by atoms with E-state index in [2.05, 4.69) is 5.32 Å². The molecule has 0 saturated carbocycles. The Morgan fingerprint density at radius 3 is 2.08 bits per heavy atom. The minimum atomic E-state index is -0.843. The average molecular weight is 547 g/mol. The van der Waals surface area contributed by atoms with Crippen molar-refractivity contribution in [2.75, 3.05) is 33.3 Å². The number of ether oxygens (including phenoxy) is 5. The Kier molecular flexibility index (Phi) is 8.04. The summed E-state index contributed by atoms with van der Waals surface area (Å²) in [7, 11) is 5.67. The molecule has 0 unspecified atom stereocenters. The number of hydrogen-bond acceptors (Lipinski definition) is 9. The summed E-state index contributed by atoms with van der Waals surface area (Å²) in [6, 6.07) is 13.3. The standard InChI is InChI=1S/C29H26N2O9/c1-16-7-6-8-19(11-16)31-27(33)20(26(32)30-29(31)35)12-17-9-10-21(22(13-17)36-2)40-28(34)18-14-23(37-3)25(39-5)24(15-18)38-4/h6-15H,1-5H3,(H,30,32,35)/b20-12+. The van der Waals surface area contributed by atoms with Crippen molar-refractivity contribution in [1.82, 2.24) is 5.32 Å². The van der Waals surface area contributed by atoms with Crippen molar-refractivity contribution in [2.45, 2.75) is 6.92 Å². The van der Waals surface area contributed by atoms with Crippen LogP contribution in [-0.4, -0.2) is 52.3 Å². The minimum absolute atomic E-state index is 0.0828. The van der Waals surface area contributed by atoms with Crippen molar-refractivity contribution in [3.8, 4) is 28.7 Å². The molecule has 4 rings (SSSR count). The molecule has 1 aliphatic heterocycles. The van der Waals surface area contributed by atoms with Crippen molar-refractivity contribution in [3.63, 3.8) is 0 Å². The number of anilines is 1. The number of nitrogens with one attached hydrogen (secondary N) is 1. The topological polar surface area (TPSA) is 130 Å². The second-order valence-corrected chi connectivity index (χ2v) is 8.51. The van der Waals surface area contributed by atoms with E-state index in [0.29, 0.717) is 17.0 Å². The van der Waals surface area contributed by atoms with Crippen LogP contribution < -0.4 is 33.9 Å². The molecule has 4 amide bonds. The van der Waals surface area contributed by atoms with Gasteiger partial charge in [-0.05, 0) is 60.5 Å². The Labute approximate surface area is 229 Å². The van der Waals surface area contributed by atoms with E-state index in [0.717, 1.165) is 10.5 Å². The number of urea groups is 1. The Hall–Kier alpha value is -5.32. The largest absolute Gasteiger partial charge is 0.493 e. The summed E-state index contributed by atoms with van der Waals surface area (Å²) in [6.45, 7) is 1.82. The predicted octanol–water partition coefficient (Wildman–Crippen LogP) is 3.92. The first-order valence-corrected chi connectivity index (χ1v) is 11.9. The molecular weight excluding hydrogens is 520 g/mol. The molecule has 0 radical (unpaired) electrons. The third-order valence-corrected chi connectivity index (χ3v) is 5.96. The lowest BCUT2D eigenvalue weighted by Crippen LogP contribution is -2.54. The molecule has 3 aromatic carbocycles. The van der Waals surface area contributed by atoms with E-state index in [1.807, 2.05) is 13.0 Å². The first kappa shape index (κ1) is 27.7. The minimum Gasteiger partial charge on any atom is -0.493 e. The molecule has 1 N–H and O–H groups in total. The summed E-state index contributed by atoms with van der Waals surface area (Å²) >= 11 is 0. The van der Waals surface area contributed by atoms with Gasteiger partial charge in [0.15, 0.2) is 23.0 Å². The van der Waals surface area contributed by atoms with Crippen molar-refractivity contribution in [2.24, 2.45) is 0 Å². The molecule has 1 aliphatic rings.